The smallest absolute Gasteiger partial charge is 0.0303 e. The van der Waals surface area contributed by atoms with Crippen LogP contribution in [0.5, 0.6) is 0 Å². The number of hydrogen-bond donors (Lipinski definition) is 0. The maximum absolute atomic E-state index is 4.17. The monoisotopic (exact) mass is 304 g/mol. The predicted molar refractivity (Wildman–Crippen MR) is 99.5 cm³/mol. The molecule has 0 saturated heterocycles. The molecule has 0 unspecified atom stereocenters. The summed E-state index contributed by atoms with van der Waals surface area (Å²) in [6.07, 6.45) is 23.5. The zero-order chi connectivity index (χ0) is 16.3. The number of rotatable bonds is 6. The van der Waals surface area contributed by atoms with Gasteiger partial charge in [-0.2, -0.15) is 0 Å². The topological polar surface area (TPSA) is 25.2 Å². The van der Waals surface area contributed by atoms with E-state index in [4.69, 9.17) is 0 Å². The Morgan fingerprint density at radius 1 is 1.39 bits per heavy atom. The highest BCUT2D eigenvalue weighted by atomic mass is 14.6. The molecule has 1 aliphatic rings. The van der Waals surface area contributed by atoms with Crippen molar-refractivity contribution in [2.75, 3.05) is 0 Å². The van der Waals surface area contributed by atoms with Crippen LogP contribution in [0.1, 0.15) is 32.3 Å². The van der Waals surface area contributed by atoms with Gasteiger partial charge in [0.05, 0.1) is 0 Å². The van der Waals surface area contributed by atoms with Gasteiger partial charge in [-0.25, -0.2) is 0 Å². The Hall–Kier alpha value is -2.48. The Bertz CT molecular complexity index is 671. The van der Waals surface area contributed by atoms with Crippen molar-refractivity contribution in [1.82, 2.24) is 4.98 Å². The van der Waals surface area contributed by atoms with Crippen molar-refractivity contribution in [1.29, 1.82) is 0 Å². The van der Waals surface area contributed by atoms with E-state index in [9.17, 15) is 0 Å². The highest BCUT2D eigenvalue weighted by molar-refractivity contribution is 5.54. The maximum Gasteiger partial charge on any atom is 0.0303 e. The lowest BCUT2D eigenvalue weighted by Crippen LogP contribution is -1.91. The van der Waals surface area contributed by atoms with Crippen LogP contribution in [0, 0.1) is 0 Å². The van der Waals surface area contributed by atoms with Crippen molar-refractivity contribution in [2.45, 2.75) is 33.1 Å². The fourth-order valence-corrected chi connectivity index (χ4v) is 2.42. The van der Waals surface area contributed by atoms with Crippen molar-refractivity contribution in [3.05, 3.63) is 89.5 Å². The Morgan fingerprint density at radius 3 is 3.00 bits per heavy atom. The van der Waals surface area contributed by atoms with E-state index in [-0.39, 0.29) is 0 Å². The van der Waals surface area contributed by atoms with Gasteiger partial charge in [-0.05, 0) is 67.5 Å². The average molecular weight is 304 g/mol. The first-order valence-electron chi connectivity index (χ1n) is 8.07. The van der Waals surface area contributed by atoms with Gasteiger partial charge in [-0.3, -0.25) is 9.98 Å². The van der Waals surface area contributed by atoms with Crippen molar-refractivity contribution in [3.63, 3.8) is 0 Å². The fraction of sp³-hybridized carbons (Fsp3) is 0.238. The Balaban J connectivity index is 2.19. The Morgan fingerprint density at radius 2 is 2.30 bits per heavy atom. The molecule has 1 aromatic rings. The van der Waals surface area contributed by atoms with E-state index in [2.05, 4.69) is 59.4 Å². The second-order valence-electron chi connectivity index (χ2n) is 5.48. The summed E-state index contributed by atoms with van der Waals surface area (Å²) in [5.74, 6) is 0. The second kappa shape index (κ2) is 9.52. The summed E-state index contributed by atoms with van der Waals surface area (Å²) in [5.41, 5.74) is 5.11. The van der Waals surface area contributed by atoms with Crippen molar-refractivity contribution in [2.24, 2.45) is 4.99 Å². The largest absolute Gasteiger partial charge is 0.269 e. The number of allylic oxidation sites excluding steroid dienone is 9. The summed E-state index contributed by atoms with van der Waals surface area (Å²) in [6, 6.07) is 4.07. The summed E-state index contributed by atoms with van der Waals surface area (Å²) in [6.45, 7) is 4.10. The molecule has 1 aliphatic carbocycles. The molecular formula is C21H24N2. The third-order valence-corrected chi connectivity index (χ3v) is 3.70. The van der Waals surface area contributed by atoms with Crippen LogP contribution in [0.4, 0.5) is 0 Å². The van der Waals surface area contributed by atoms with Crippen LogP contribution < -0.4 is 0 Å². The molecule has 2 nitrogen and oxygen atoms in total. The van der Waals surface area contributed by atoms with Crippen LogP contribution in [-0.2, 0) is 6.42 Å². The van der Waals surface area contributed by atoms with Crippen LogP contribution in [0.25, 0.3) is 0 Å². The van der Waals surface area contributed by atoms with E-state index in [0.717, 1.165) is 19.3 Å². The predicted octanol–water partition coefficient (Wildman–Crippen LogP) is 5.38. The summed E-state index contributed by atoms with van der Waals surface area (Å²) in [7, 11) is 0. The molecule has 1 aromatic heterocycles. The van der Waals surface area contributed by atoms with E-state index in [0.29, 0.717) is 0 Å². The molecule has 0 N–H and O–H groups in total. The molecule has 0 bridgehead atoms. The van der Waals surface area contributed by atoms with E-state index < -0.39 is 0 Å². The van der Waals surface area contributed by atoms with Crippen LogP contribution in [-0.4, -0.2) is 11.2 Å². The molecule has 2 heteroatoms. The minimum Gasteiger partial charge on any atom is -0.269 e. The van der Waals surface area contributed by atoms with E-state index in [1.54, 1.807) is 12.4 Å². The lowest BCUT2D eigenvalue weighted by atomic mass is 9.96. The molecular weight excluding hydrogens is 280 g/mol. The minimum atomic E-state index is 0.867. The van der Waals surface area contributed by atoms with Gasteiger partial charge in [-0.1, -0.05) is 36.4 Å². The Labute approximate surface area is 139 Å². The molecule has 1 heterocycles. The standard InChI is InChI=1S/C21H24N2/c1-3-22-15-13-19(11-12-20-8-7-14-23-17-20)16-18(2)21-9-5-4-6-10-21/h3-5,7-9,11,13-17H,6,10,12H2,1-2H3/b15-13+,18-16+,19-11-,22-3?. The normalized spacial score (nSPS) is 16.3. The first kappa shape index (κ1) is 16.9. The van der Waals surface area contributed by atoms with Crippen LogP contribution in [0.15, 0.2) is 88.9 Å². The summed E-state index contributed by atoms with van der Waals surface area (Å²) >= 11 is 0. The first-order valence-corrected chi connectivity index (χ1v) is 8.07. The number of aliphatic imine (C=N–C) groups is 1. The molecule has 0 amide bonds. The quantitative estimate of drug-likeness (QED) is 0.512. The van der Waals surface area contributed by atoms with Gasteiger partial charge in [0.1, 0.15) is 0 Å². The molecule has 0 atom stereocenters. The van der Waals surface area contributed by atoms with Gasteiger partial charge < -0.3 is 0 Å². The molecule has 0 radical (unpaired) electrons. The molecule has 2 rings (SSSR count). The molecule has 0 spiro atoms. The molecule has 118 valence electrons. The van der Waals surface area contributed by atoms with Crippen molar-refractivity contribution < 1.29 is 0 Å². The number of aromatic nitrogens is 1. The average Bonchev–Trinajstić information content (AvgIpc) is 2.61. The van der Waals surface area contributed by atoms with Gasteiger partial charge in [0.25, 0.3) is 0 Å². The van der Waals surface area contributed by atoms with Gasteiger partial charge in [0.15, 0.2) is 0 Å². The first-order chi connectivity index (χ1) is 11.3. The SMILES string of the molecule is CC=N/C=C/C(=C/Cc1cccnc1)/C=C(\C)C1=CC=CCC1. The third kappa shape index (κ3) is 6.03. The minimum absolute atomic E-state index is 0.867. The summed E-state index contributed by atoms with van der Waals surface area (Å²) in [5, 5.41) is 0. The Kier molecular flexibility index (Phi) is 6.99. The molecule has 0 saturated carbocycles. The van der Waals surface area contributed by atoms with Gasteiger partial charge >= 0.3 is 0 Å². The van der Waals surface area contributed by atoms with Crippen molar-refractivity contribution >= 4 is 6.21 Å². The van der Waals surface area contributed by atoms with Gasteiger partial charge in [0, 0.05) is 24.8 Å². The van der Waals surface area contributed by atoms with Gasteiger partial charge in [-0.15, -0.1) is 0 Å². The van der Waals surface area contributed by atoms with Gasteiger partial charge in [0.2, 0.25) is 0 Å². The van der Waals surface area contributed by atoms with Crippen molar-refractivity contribution in [3.8, 4) is 0 Å². The summed E-state index contributed by atoms with van der Waals surface area (Å²) < 4.78 is 0. The number of hydrogen-bond acceptors (Lipinski definition) is 2. The second-order valence-corrected chi connectivity index (χ2v) is 5.48. The highest BCUT2D eigenvalue weighted by Crippen LogP contribution is 2.21. The number of nitrogens with zero attached hydrogens (tertiary/aromatic N) is 2. The lowest BCUT2D eigenvalue weighted by Gasteiger charge is -2.10. The van der Waals surface area contributed by atoms with Crippen LogP contribution >= 0.6 is 0 Å². The van der Waals surface area contributed by atoms with Crippen LogP contribution in [0.3, 0.4) is 0 Å². The van der Waals surface area contributed by atoms with E-state index in [1.807, 2.05) is 25.4 Å². The van der Waals surface area contributed by atoms with E-state index in [1.165, 1.54) is 22.3 Å². The zero-order valence-electron chi connectivity index (χ0n) is 13.9. The molecule has 0 aromatic carbocycles. The molecule has 23 heavy (non-hydrogen) atoms. The summed E-state index contributed by atoms with van der Waals surface area (Å²) in [4.78, 5) is 8.34. The highest BCUT2D eigenvalue weighted by Gasteiger charge is 2.02. The molecule has 0 aliphatic heterocycles. The zero-order valence-corrected chi connectivity index (χ0v) is 13.9. The molecule has 0 fully saturated rings. The fourth-order valence-electron chi connectivity index (χ4n) is 2.42. The third-order valence-electron chi connectivity index (χ3n) is 3.70. The van der Waals surface area contributed by atoms with E-state index >= 15 is 0 Å². The lowest BCUT2D eigenvalue weighted by molar-refractivity contribution is 0.968. The van der Waals surface area contributed by atoms with Crippen LogP contribution in [0.2, 0.25) is 0 Å². The maximum atomic E-state index is 4.17. The number of pyridine rings is 1.